The predicted octanol–water partition coefficient (Wildman–Crippen LogP) is 2.15. The van der Waals surface area contributed by atoms with Crippen molar-refractivity contribution in [3.63, 3.8) is 0 Å². The fraction of sp³-hybridized carbons (Fsp3) is 0.286. The number of hydrogen-bond donors (Lipinski definition) is 5. The third-order valence-electron chi connectivity index (χ3n) is 5.05. The lowest BCUT2D eigenvalue weighted by molar-refractivity contribution is -0.114. The van der Waals surface area contributed by atoms with E-state index in [2.05, 4.69) is 0 Å². The number of rotatable bonds is 3. The predicted molar refractivity (Wildman–Crippen MR) is 103 cm³/mol. The molecule has 1 aliphatic heterocycles. The van der Waals surface area contributed by atoms with Gasteiger partial charge in [0.15, 0.2) is 11.0 Å². The largest absolute Gasteiger partial charge is 0.508 e. The third kappa shape index (κ3) is 3.53. The molecule has 2 heterocycles. The minimum Gasteiger partial charge on any atom is -0.508 e. The molecule has 0 saturated carbocycles. The van der Waals surface area contributed by atoms with Gasteiger partial charge in [-0.1, -0.05) is 0 Å². The number of ether oxygens (including phenoxy) is 1. The molecule has 4 rings (SSSR count). The number of phenols is 3. The van der Waals surface area contributed by atoms with E-state index in [1.54, 1.807) is 12.1 Å². The summed E-state index contributed by atoms with van der Waals surface area (Å²) in [5.41, 5.74) is 0.0400. The minimum atomic E-state index is -0.850. The topological polar surface area (TPSA) is 141 Å². The zero-order chi connectivity index (χ0) is 20.7. The van der Waals surface area contributed by atoms with Gasteiger partial charge in [0.25, 0.3) is 0 Å². The molecule has 29 heavy (non-hydrogen) atoms. The fourth-order valence-electron chi connectivity index (χ4n) is 3.69. The highest BCUT2D eigenvalue weighted by Gasteiger charge is 2.33. The quantitative estimate of drug-likeness (QED) is 0.450. The molecule has 152 valence electrons. The molecule has 8 heteroatoms. The maximum absolute atomic E-state index is 12.7. The van der Waals surface area contributed by atoms with Crippen LogP contribution in [0.25, 0.3) is 22.3 Å². The summed E-state index contributed by atoms with van der Waals surface area (Å²) in [6.07, 6.45) is -1.90. The van der Waals surface area contributed by atoms with E-state index in [9.17, 15) is 30.3 Å². The van der Waals surface area contributed by atoms with E-state index < -0.39 is 29.5 Å². The third-order valence-corrected chi connectivity index (χ3v) is 5.05. The van der Waals surface area contributed by atoms with Crippen LogP contribution in [0.5, 0.6) is 17.2 Å². The molecule has 3 atom stereocenters. The van der Waals surface area contributed by atoms with Gasteiger partial charge in [0.1, 0.15) is 28.4 Å². The van der Waals surface area contributed by atoms with E-state index in [-0.39, 0.29) is 53.2 Å². The molecule has 0 spiro atoms. The number of benzene rings is 2. The second-order valence-corrected chi connectivity index (χ2v) is 7.11. The summed E-state index contributed by atoms with van der Waals surface area (Å²) in [5.74, 6) is -0.574. The molecule has 2 aromatic carbocycles. The van der Waals surface area contributed by atoms with Gasteiger partial charge in [-0.3, -0.25) is 4.79 Å². The van der Waals surface area contributed by atoms with Gasteiger partial charge in [-0.05, 0) is 24.3 Å². The molecule has 1 fully saturated rings. The van der Waals surface area contributed by atoms with Crippen LogP contribution in [0, 0.1) is 0 Å². The summed E-state index contributed by atoms with van der Waals surface area (Å²) in [6, 6.07) is 8.24. The molecule has 1 saturated heterocycles. The van der Waals surface area contributed by atoms with Crippen molar-refractivity contribution >= 4 is 11.0 Å². The first kappa shape index (κ1) is 19.3. The van der Waals surface area contributed by atoms with Crippen LogP contribution >= 0.6 is 0 Å². The minimum absolute atomic E-state index is 0.0486. The van der Waals surface area contributed by atoms with Crippen LogP contribution in [-0.2, 0) is 4.74 Å². The molecule has 1 aromatic heterocycles. The van der Waals surface area contributed by atoms with Crippen molar-refractivity contribution in [3.05, 3.63) is 52.2 Å². The average Bonchev–Trinajstić information content (AvgIpc) is 2.67. The first-order valence-electron chi connectivity index (χ1n) is 9.14. The Morgan fingerprint density at radius 1 is 1.00 bits per heavy atom. The van der Waals surface area contributed by atoms with Crippen molar-refractivity contribution in [1.82, 2.24) is 0 Å². The van der Waals surface area contributed by atoms with Gasteiger partial charge in [-0.2, -0.15) is 0 Å². The Labute approximate surface area is 164 Å². The summed E-state index contributed by atoms with van der Waals surface area (Å²) >= 11 is 0. The normalized spacial score (nSPS) is 22.1. The SMILES string of the molecule is O=c1cc(-c2ccc(O)cc2)oc2c(C3CC(O)CC(CO)O3)c(O)cc(O)c12. The molecule has 1 aliphatic rings. The van der Waals surface area contributed by atoms with Gasteiger partial charge in [-0.25, -0.2) is 0 Å². The van der Waals surface area contributed by atoms with Crippen LogP contribution in [-0.4, -0.2) is 44.3 Å². The van der Waals surface area contributed by atoms with E-state index in [0.29, 0.717) is 5.56 Å². The fourth-order valence-corrected chi connectivity index (χ4v) is 3.69. The second-order valence-electron chi connectivity index (χ2n) is 7.11. The first-order valence-corrected chi connectivity index (χ1v) is 9.14. The van der Waals surface area contributed by atoms with Gasteiger partial charge >= 0.3 is 0 Å². The molecule has 0 aliphatic carbocycles. The zero-order valence-electron chi connectivity index (χ0n) is 15.3. The van der Waals surface area contributed by atoms with Gasteiger partial charge in [-0.15, -0.1) is 0 Å². The van der Waals surface area contributed by atoms with E-state index in [0.717, 1.165) is 6.07 Å². The monoisotopic (exact) mass is 400 g/mol. The van der Waals surface area contributed by atoms with Crippen molar-refractivity contribution in [2.24, 2.45) is 0 Å². The molecule has 3 aromatic rings. The molecular weight excluding hydrogens is 380 g/mol. The Morgan fingerprint density at radius 3 is 2.41 bits per heavy atom. The number of fused-ring (bicyclic) bond motifs is 1. The molecule has 0 amide bonds. The van der Waals surface area contributed by atoms with Crippen LogP contribution in [0.1, 0.15) is 24.5 Å². The molecule has 3 unspecified atom stereocenters. The number of phenolic OH excluding ortho intramolecular Hbond substituents is 3. The second kappa shape index (κ2) is 7.40. The lowest BCUT2D eigenvalue weighted by Gasteiger charge is -2.33. The van der Waals surface area contributed by atoms with E-state index in [1.165, 1.54) is 18.2 Å². The van der Waals surface area contributed by atoms with Crippen LogP contribution in [0.4, 0.5) is 0 Å². The zero-order valence-corrected chi connectivity index (χ0v) is 15.3. The van der Waals surface area contributed by atoms with Crippen LogP contribution in [0.3, 0.4) is 0 Å². The van der Waals surface area contributed by atoms with E-state index in [1.807, 2.05) is 0 Å². The summed E-state index contributed by atoms with van der Waals surface area (Å²) in [6.45, 7) is -0.312. The molecule has 0 radical (unpaired) electrons. The van der Waals surface area contributed by atoms with Crippen molar-refractivity contribution in [2.75, 3.05) is 6.61 Å². The van der Waals surface area contributed by atoms with Crippen LogP contribution < -0.4 is 5.43 Å². The summed E-state index contributed by atoms with van der Waals surface area (Å²) in [4.78, 5) is 12.7. The maximum Gasteiger partial charge on any atom is 0.197 e. The van der Waals surface area contributed by atoms with Crippen molar-refractivity contribution in [3.8, 4) is 28.6 Å². The number of aromatic hydroxyl groups is 3. The van der Waals surface area contributed by atoms with E-state index >= 15 is 0 Å². The first-order chi connectivity index (χ1) is 13.9. The Morgan fingerprint density at radius 2 is 1.72 bits per heavy atom. The maximum atomic E-state index is 12.7. The number of aliphatic hydroxyl groups is 2. The Balaban J connectivity index is 1.94. The molecule has 5 N–H and O–H groups in total. The van der Waals surface area contributed by atoms with Gasteiger partial charge in [0.2, 0.25) is 0 Å². The molecule has 8 nitrogen and oxygen atoms in total. The van der Waals surface area contributed by atoms with Gasteiger partial charge < -0.3 is 34.7 Å². The number of aliphatic hydroxyl groups excluding tert-OH is 2. The van der Waals surface area contributed by atoms with Crippen molar-refractivity contribution < 1.29 is 34.7 Å². The summed E-state index contributed by atoms with van der Waals surface area (Å²) < 4.78 is 11.7. The highest BCUT2D eigenvalue weighted by molar-refractivity contribution is 5.89. The van der Waals surface area contributed by atoms with E-state index in [4.69, 9.17) is 9.15 Å². The lowest BCUT2D eigenvalue weighted by atomic mass is 9.94. The number of hydrogen-bond acceptors (Lipinski definition) is 8. The molecular formula is C21H20O8. The van der Waals surface area contributed by atoms with Gasteiger partial charge in [0, 0.05) is 30.5 Å². The van der Waals surface area contributed by atoms with Gasteiger partial charge in [0.05, 0.1) is 30.5 Å². The van der Waals surface area contributed by atoms with Crippen LogP contribution in [0.2, 0.25) is 0 Å². The summed E-state index contributed by atoms with van der Waals surface area (Å²) in [7, 11) is 0. The Hall–Kier alpha value is -3.07. The smallest absolute Gasteiger partial charge is 0.197 e. The Kier molecular flexibility index (Phi) is 4.91. The Bertz CT molecular complexity index is 1100. The van der Waals surface area contributed by atoms with Crippen molar-refractivity contribution in [1.29, 1.82) is 0 Å². The van der Waals surface area contributed by atoms with Crippen LogP contribution in [0.15, 0.2) is 45.6 Å². The highest BCUT2D eigenvalue weighted by Crippen LogP contribution is 2.43. The van der Waals surface area contributed by atoms with Crippen molar-refractivity contribution in [2.45, 2.75) is 31.2 Å². The average molecular weight is 400 g/mol. The standard InChI is InChI=1S/C21H20O8/c22-9-13-5-12(24)6-18(28-13)20-15(26)7-14(25)19-16(27)8-17(29-21(19)20)10-1-3-11(23)4-2-10/h1-4,7-8,12-13,18,22-26H,5-6,9H2. The molecule has 0 bridgehead atoms. The lowest BCUT2D eigenvalue weighted by Crippen LogP contribution is -2.33. The highest BCUT2D eigenvalue weighted by atomic mass is 16.5. The summed E-state index contributed by atoms with van der Waals surface area (Å²) in [5, 5.41) is 49.6.